The number of nitrogens with zero attached hydrogens (tertiary/aromatic N) is 1. The first-order valence-electron chi connectivity index (χ1n) is 7.16. The number of pyridine rings is 1. The van der Waals surface area contributed by atoms with Crippen LogP contribution in [0.3, 0.4) is 0 Å². The quantitative estimate of drug-likeness (QED) is 0.715. The van der Waals surface area contributed by atoms with Gasteiger partial charge in [0.25, 0.3) is 0 Å². The molecule has 0 saturated heterocycles. The van der Waals surface area contributed by atoms with Crippen molar-refractivity contribution in [3.05, 3.63) is 66.2 Å². The van der Waals surface area contributed by atoms with Gasteiger partial charge in [0.1, 0.15) is 5.82 Å². The molecule has 5 heteroatoms. The number of rotatable bonds is 2. The van der Waals surface area contributed by atoms with Crippen molar-refractivity contribution in [2.75, 3.05) is 10.6 Å². The zero-order valence-corrected chi connectivity index (χ0v) is 12.5. The average Bonchev–Trinajstić information content (AvgIpc) is 2.56. The van der Waals surface area contributed by atoms with E-state index in [4.69, 9.17) is 0 Å². The zero-order chi connectivity index (χ0) is 16.2. The second-order valence-electron chi connectivity index (χ2n) is 5.16. The van der Waals surface area contributed by atoms with Crippen molar-refractivity contribution in [3.8, 4) is 0 Å². The molecule has 3 aromatic rings. The first-order chi connectivity index (χ1) is 11.1. The minimum atomic E-state index is -0.756. The SMILES string of the molecule is Cc1ccc(NC(=O)C(=O)Nc2ccc3ccccc3n2)cc1. The van der Waals surface area contributed by atoms with Crippen molar-refractivity contribution >= 4 is 34.2 Å². The highest BCUT2D eigenvalue weighted by molar-refractivity contribution is 6.43. The van der Waals surface area contributed by atoms with Crippen molar-refractivity contribution in [3.63, 3.8) is 0 Å². The predicted octanol–water partition coefficient (Wildman–Crippen LogP) is 3.12. The van der Waals surface area contributed by atoms with E-state index >= 15 is 0 Å². The number of nitrogens with one attached hydrogen (secondary N) is 2. The number of para-hydroxylation sites is 1. The Labute approximate surface area is 133 Å². The molecule has 0 unspecified atom stereocenters. The maximum Gasteiger partial charge on any atom is 0.315 e. The van der Waals surface area contributed by atoms with Gasteiger partial charge in [0.15, 0.2) is 0 Å². The van der Waals surface area contributed by atoms with Crippen LogP contribution in [0.5, 0.6) is 0 Å². The molecule has 2 aromatic carbocycles. The summed E-state index contributed by atoms with van der Waals surface area (Å²) in [5.41, 5.74) is 2.40. The molecule has 0 aliphatic carbocycles. The standard InChI is InChI=1S/C18H15N3O2/c1-12-6-9-14(10-7-12)19-17(22)18(23)21-16-11-8-13-4-2-3-5-15(13)20-16/h2-11H,1H3,(H,19,22)(H,20,21,23). The number of carbonyl (C=O) groups is 2. The molecule has 0 fully saturated rings. The Balaban J connectivity index is 1.69. The lowest BCUT2D eigenvalue weighted by Crippen LogP contribution is -2.29. The van der Waals surface area contributed by atoms with Gasteiger partial charge in [0.2, 0.25) is 0 Å². The van der Waals surface area contributed by atoms with Crippen LogP contribution in [0.2, 0.25) is 0 Å². The van der Waals surface area contributed by atoms with E-state index in [9.17, 15) is 9.59 Å². The predicted molar refractivity (Wildman–Crippen MR) is 90.2 cm³/mol. The number of aryl methyl sites for hydroxylation is 1. The molecule has 5 nitrogen and oxygen atoms in total. The number of carbonyl (C=O) groups excluding carboxylic acids is 2. The van der Waals surface area contributed by atoms with Crippen LogP contribution in [0.15, 0.2) is 60.7 Å². The summed E-state index contributed by atoms with van der Waals surface area (Å²) < 4.78 is 0. The molecular formula is C18H15N3O2. The Morgan fingerprint density at radius 1 is 0.826 bits per heavy atom. The van der Waals surface area contributed by atoms with Crippen LogP contribution in [0, 0.1) is 6.92 Å². The minimum Gasteiger partial charge on any atom is -0.318 e. The van der Waals surface area contributed by atoms with Gasteiger partial charge in [-0.3, -0.25) is 9.59 Å². The summed E-state index contributed by atoms with van der Waals surface area (Å²) in [7, 11) is 0. The molecule has 2 amide bonds. The van der Waals surface area contributed by atoms with Crippen LogP contribution in [0.25, 0.3) is 10.9 Å². The second-order valence-corrected chi connectivity index (χ2v) is 5.16. The lowest BCUT2D eigenvalue weighted by atomic mass is 10.2. The van der Waals surface area contributed by atoms with E-state index in [0.29, 0.717) is 11.5 Å². The monoisotopic (exact) mass is 305 g/mol. The van der Waals surface area contributed by atoms with Crippen LogP contribution in [0.4, 0.5) is 11.5 Å². The first kappa shape index (κ1) is 14.7. The van der Waals surface area contributed by atoms with E-state index < -0.39 is 11.8 Å². The van der Waals surface area contributed by atoms with Crippen LogP contribution < -0.4 is 10.6 Å². The molecule has 23 heavy (non-hydrogen) atoms. The van der Waals surface area contributed by atoms with Gasteiger partial charge in [-0.15, -0.1) is 0 Å². The van der Waals surface area contributed by atoms with Crippen molar-refractivity contribution in [1.82, 2.24) is 4.98 Å². The molecule has 0 bridgehead atoms. The highest BCUT2D eigenvalue weighted by Crippen LogP contribution is 2.14. The van der Waals surface area contributed by atoms with E-state index in [1.807, 2.05) is 49.4 Å². The van der Waals surface area contributed by atoms with Gasteiger partial charge < -0.3 is 10.6 Å². The fourth-order valence-electron chi connectivity index (χ4n) is 2.13. The van der Waals surface area contributed by atoms with Gasteiger partial charge in [-0.2, -0.15) is 0 Å². The fraction of sp³-hybridized carbons (Fsp3) is 0.0556. The molecule has 0 aliphatic rings. The molecule has 114 valence electrons. The van der Waals surface area contributed by atoms with Crippen LogP contribution in [-0.2, 0) is 9.59 Å². The molecule has 0 aliphatic heterocycles. The Kier molecular flexibility index (Phi) is 4.01. The second kappa shape index (κ2) is 6.27. The number of anilines is 2. The summed E-state index contributed by atoms with van der Waals surface area (Å²) in [5, 5.41) is 6.02. The van der Waals surface area contributed by atoms with Crippen molar-refractivity contribution in [2.24, 2.45) is 0 Å². The number of benzene rings is 2. The number of amides is 2. The van der Waals surface area contributed by atoms with E-state index in [0.717, 1.165) is 16.5 Å². The number of hydrogen-bond donors (Lipinski definition) is 2. The molecule has 2 N–H and O–H groups in total. The minimum absolute atomic E-state index is 0.341. The Morgan fingerprint density at radius 2 is 1.52 bits per heavy atom. The van der Waals surface area contributed by atoms with Crippen LogP contribution in [-0.4, -0.2) is 16.8 Å². The van der Waals surface area contributed by atoms with Gasteiger partial charge in [0.05, 0.1) is 5.52 Å². The Morgan fingerprint density at radius 3 is 2.30 bits per heavy atom. The largest absolute Gasteiger partial charge is 0.318 e. The van der Waals surface area contributed by atoms with E-state index in [2.05, 4.69) is 15.6 Å². The summed E-state index contributed by atoms with van der Waals surface area (Å²) >= 11 is 0. The third kappa shape index (κ3) is 3.52. The van der Waals surface area contributed by atoms with E-state index in [1.54, 1.807) is 18.2 Å². The summed E-state index contributed by atoms with van der Waals surface area (Å²) in [6, 6.07) is 18.3. The third-order valence-electron chi connectivity index (χ3n) is 3.36. The van der Waals surface area contributed by atoms with Gasteiger partial charge in [-0.25, -0.2) is 4.98 Å². The van der Waals surface area contributed by atoms with E-state index in [-0.39, 0.29) is 0 Å². The van der Waals surface area contributed by atoms with Crippen LogP contribution in [0.1, 0.15) is 5.56 Å². The average molecular weight is 305 g/mol. The maximum atomic E-state index is 12.0. The lowest BCUT2D eigenvalue weighted by molar-refractivity contribution is -0.133. The van der Waals surface area contributed by atoms with Crippen molar-refractivity contribution in [2.45, 2.75) is 6.92 Å². The number of aromatic nitrogens is 1. The molecule has 1 aromatic heterocycles. The van der Waals surface area contributed by atoms with Gasteiger partial charge >= 0.3 is 11.8 Å². The fourth-order valence-corrected chi connectivity index (χ4v) is 2.13. The zero-order valence-electron chi connectivity index (χ0n) is 12.5. The van der Waals surface area contributed by atoms with Gasteiger partial charge in [-0.05, 0) is 37.3 Å². The van der Waals surface area contributed by atoms with Crippen LogP contribution >= 0.6 is 0 Å². The molecule has 0 saturated carbocycles. The number of fused-ring (bicyclic) bond motifs is 1. The first-order valence-corrected chi connectivity index (χ1v) is 7.16. The lowest BCUT2D eigenvalue weighted by Gasteiger charge is -2.07. The molecule has 0 spiro atoms. The van der Waals surface area contributed by atoms with Crippen molar-refractivity contribution in [1.29, 1.82) is 0 Å². The summed E-state index contributed by atoms with van der Waals surface area (Å²) in [5.74, 6) is -1.15. The topological polar surface area (TPSA) is 71.1 Å². The van der Waals surface area contributed by atoms with Gasteiger partial charge in [-0.1, -0.05) is 35.9 Å². The highest BCUT2D eigenvalue weighted by Gasteiger charge is 2.14. The third-order valence-corrected chi connectivity index (χ3v) is 3.36. The van der Waals surface area contributed by atoms with Crippen molar-refractivity contribution < 1.29 is 9.59 Å². The molecule has 1 heterocycles. The number of hydrogen-bond acceptors (Lipinski definition) is 3. The Hall–Kier alpha value is -3.21. The smallest absolute Gasteiger partial charge is 0.315 e. The Bertz CT molecular complexity index is 873. The molecule has 0 atom stereocenters. The molecule has 3 rings (SSSR count). The maximum absolute atomic E-state index is 12.0. The summed E-state index contributed by atoms with van der Waals surface area (Å²) in [6.07, 6.45) is 0. The summed E-state index contributed by atoms with van der Waals surface area (Å²) in [4.78, 5) is 28.2. The molecule has 0 radical (unpaired) electrons. The van der Waals surface area contributed by atoms with E-state index in [1.165, 1.54) is 0 Å². The molecular weight excluding hydrogens is 290 g/mol. The summed E-state index contributed by atoms with van der Waals surface area (Å²) in [6.45, 7) is 1.95. The van der Waals surface area contributed by atoms with Gasteiger partial charge in [0, 0.05) is 11.1 Å². The normalized spacial score (nSPS) is 10.3. The highest BCUT2D eigenvalue weighted by atomic mass is 16.2.